The van der Waals surface area contributed by atoms with E-state index >= 15 is 0 Å². The maximum Gasteiger partial charge on any atom is 0.222 e. The molecule has 0 spiro atoms. The van der Waals surface area contributed by atoms with Crippen LogP contribution >= 0.6 is 0 Å². The molecular formula is C21H29N5O. The van der Waals surface area contributed by atoms with Crippen molar-refractivity contribution in [2.45, 2.75) is 57.3 Å². The Balaban J connectivity index is 1.40. The van der Waals surface area contributed by atoms with Crippen molar-refractivity contribution >= 4 is 5.91 Å². The van der Waals surface area contributed by atoms with Crippen molar-refractivity contribution in [3.05, 3.63) is 30.6 Å². The number of hydrogen-bond donors (Lipinski definition) is 0. The highest BCUT2D eigenvalue weighted by atomic mass is 16.2. The van der Waals surface area contributed by atoms with Crippen LogP contribution in [0, 0.1) is 5.92 Å². The molecule has 0 unspecified atom stereocenters. The molecule has 0 bridgehead atoms. The Morgan fingerprint density at radius 3 is 2.52 bits per heavy atom. The van der Waals surface area contributed by atoms with Gasteiger partial charge in [0.1, 0.15) is 5.69 Å². The van der Waals surface area contributed by atoms with E-state index in [0.29, 0.717) is 17.7 Å². The average molecular weight is 367 g/mol. The van der Waals surface area contributed by atoms with Crippen molar-refractivity contribution in [1.82, 2.24) is 24.4 Å². The van der Waals surface area contributed by atoms with Crippen LogP contribution in [0.4, 0.5) is 0 Å². The fourth-order valence-corrected chi connectivity index (χ4v) is 4.60. The summed E-state index contributed by atoms with van der Waals surface area (Å²) in [4.78, 5) is 28.2. The molecule has 1 saturated carbocycles. The number of aryl methyl sites for hydroxylation is 1. The Bertz CT molecular complexity index is 772. The van der Waals surface area contributed by atoms with Gasteiger partial charge in [0.05, 0.1) is 23.9 Å². The normalized spacial score (nSPS) is 19.4. The molecular weight excluding hydrogens is 338 g/mol. The first kappa shape index (κ1) is 18.1. The molecule has 1 amide bonds. The molecule has 3 heterocycles. The number of aromatic nitrogens is 4. The standard InChI is InChI=1S/C21H29N5O/c1-25-15-22-14-18(25)21-20(23-9-10-24-21)17-7-11-26(12-8-17)19(27)13-16-5-3-2-4-6-16/h9-10,14-17H,2-8,11-13H2,1H3. The van der Waals surface area contributed by atoms with Gasteiger partial charge in [-0.25, -0.2) is 4.98 Å². The van der Waals surface area contributed by atoms with Gasteiger partial charge in [-0.2, -0.15) is 0 Å². The Morgan fingerprint density at radius 2 is 1.81 bits per heavy atom. The molecule has 1 aliphatic carbocycles. The van der Waals surface area contributed by atoms with Gasteiger partial charge in [0.2, 0.25) is 5.91 Å². The largest absolute Gasteiger partial charge is 0.343 e. The predicted octanol–water partition coefficient (Wildman–Crippen LogP) is 3.55. The lowest BCUT2D eigenvalue weighted by atomic mass is 9.86. The van der Waals surface area contributed by atoms with Crippen LogP contribution in [0.1, 0.15) is 63.0 Å². The fraction of sp³-hybridized carbons (Fsp3) is 0.619. The number of likely N-dealkylation sites (tertiary alicyclic amines) is 1. The van der Waals surface area contributed by atoms with Crippen molar-refractivity contribution in [2.75, 3.05) is 13.1 Å². The second kappa shape index (κ2) is 8.19. The van der Waals surface area contributed by atoms with E-state index in [1.54, 1.807) is 18.7 Å². The quantitative estimate of drug-likeness (QED) is 0.829. The first-order valence-corrected chi connectivity index (χ1v) is 10.3. The summed E-state index contributed by atoms with van der Waals surface area (Å²) in [7, 11) is 1.98. The molecule has 6 nitrogen and oxygen atoms in total. The Labute approximate surface area is 161 Å². The van der Waals surface area contributed by atoms with Crippen LogP contribution in [-0.2, 0) is 11.8 Å². The topological polar surface area (TPSA) is 63.9 Å². The van der Waals surface area contributed by atoms with Gasteiger partial charge in [-0.3, -0.25) is 14.8 Å². The average Bonchev–Trinajstić information content (AvgIpc) is 3.14. The molecule has 6 heteroatoms. The number of piperidine rings is 1. The van der Waals surface area contributed by atoms with Crippen molar-refractivity contribution in [3.8, 4) is 11.4 Å². The number of amides is 1. The van der Waals surface area contributed by atoms with E-state index in [0.717, 1.165) is 49.4 Å². The van der Waals surface area contributed by atoms with Crippen molar-refractivity contribution in [3.63, 3.8) is 0 Å². The monoisotopic (exact) mass is 367 g/mol. The summed E-state index contributed by atoms with van der Waals surface area (Å²) in [6, 6.07) is 0. The van der Waals surface area contributed by atoms with Gasteiger partial charge in [-0.15, -0.1) is 0 Å². The summed E-state index contributed by atoms with van der Waals surface area (Å²) >= 11 is 0. The number of imidazole rings is 1. The van der Waals surface area contributed by atoms with Crippen LogP contribution in [0.25, 0.3) is 11.4 Å². The summed E-state index contributed by atoms with van der Waals surface area (Å²) in [6.45, 7) is 1.66. The zero-order valence-electron chi connectivity index (χ0n) is 16.2. The molecule has 1 saturated heterocycles. The van der Waals surface area contributed by atoms with Gasteiger partial charge in [0.15, 0.2) is 0 Å². The van der Waals surface area contributed by atoms with Crippen LogP contribution < -0.4 is 0 Å². The summed E-state index contributed by atoms with van der Waals surface area (Å²) in [5.74, 6) is 1.31. The van der Waals surface area contributed by atoms with Crippen molar-refractivity contribution < 1.29 is 4.79 Å². The van der Waals surface area contributed by atoms with E-state index in [1.165, 1.54) is 32.1 Å². The van der Waals surface area contributed by atoms with Gasteiger partial charge < -0.3 is 9.47 Å². The van der Waals surface area contributed by atoms with Crippen molar-refractivity contribution in [1.29, 1.82) is 0 Å². The van der Waals surface area contributed by atoms with E-state index in [1.807, 2.05) is 17.8 Å². The lowest BCUT2D eigenvalue weighted by Gasteiger charge is -2.33. The Hall–Kier alpha value is -2.24. The molecule has 2 aromatic rings. The van der Waals surface area contributed by atoms with Crippen LogP contribution in [0.5, 0.6) is 0 Å². The predicted molar refractivity (Wildman–Crippen MR) is 104 cm³/mol. The second-order valence-electron chi connectivity index (χ2n) is 8.04. The van der Waals surface area contributed by atoms with E-state index in [9.17, 15) is 4.79 Å². The minimum Gasteiger partial charge on any atom is -0.343 e. The van der Waals surface area contributed by atoms with Crippen LogP contribution in [0.3, 0.4) is 0 Å². The summed E-state index contributed by atoms with van der Waals surface area (Å²) in [5.41, 5.74) is 2.96. The third kappa shape index (κ3) is 4.04. The second-order valence-corrected chi connectivity index (χ2v) is 8.04. The van der Waals surface area contributed by atoms with E-state index in [-0.39, 0.29) is 0 Å². The number of carbonyl (C=O) groups is 1. The van der Waals surface area contributed by atoms with E-state index in [2.05, 4.69) is 19.9 Å². The first-order valence-electron chi connectivity index (χ1n) is 10.3. The molecule has 0 N–H and O–H groups in total. The van der Waals surface area contributed by atoms with Gasteiger partial charge in [-0.1, -0.05) is 19.3 Å². The maximum absolute atomic E-state index is 12.7. The molecule has 144 valence electrons. The SMILES string of the molecule is Cn1cncc1-c1nccnc1C1CCN(C(=O)CC2CCCCC2)CC1. The van der Waals surface area contributed by atoms with Crippen LogP contribution in [0.15, 0.2) is 24.9 Å². The van der Waals surface area contributed by atoms with Gasteiger partial charge >= 0.3 is 0 Å². The zero-order chi connectivity index (χ0) is 18.6. The molecule has 2 aliphatic rings. The highest BCUT2D eigenvalue weighted by molar-refractivity contribution is 5.76. The molecule has 2 aromatic heterocycles. The number of hydrogen-bond acceptors (Lipinski definition) is 4. The molecule has 0 radical (unpaired) electrons. The minimum atomic E-state index is 0.349. The summed E-state index contributed by atoms with van der Waals surface area (Å²) in [6.07, 6.45) is 16.2. The lowest BCUT2D eigenvalue weighted by Crippen LogP contribution is -2.39. The zero-order valence-corrected chi connectivity index (χ0v) is 16.2. The fourth-order valence-electron chi connectivity index (χ4n) is 4.60. The minimum absolute atomic E-state index is 0.349. The molecule has 2 fully saturated rings. The first-order chi connectivity index (χ1) is 13.2. The third-order valence-corrected chi connectivity index (χ3v) is 6.21. The number of carbonyl (C=O) groups excluding carboxylic acids is 1. The van der Waals surface area contributed by atoms with Crippen LogP contribution in [-0.4, -0.2) is 43.4 Å². The molecule has 27 heavy (non-hydrogen) atoms. The van der Waals surface area contributed by atoms with Crippen LogP contribution in [0.2, 0.25) is 0 Å². The van der Waals surface area contributed by atoms with E-state index < -0.39 is 0 Å². The summed E-state index contributed by atoms with van der Waals surface area (Å²) in [5, 5.41) is 0. The summed E-state index contributed by atoms with van der Waals surface area (Å²) < 4.78 is 1.98. The molecule has 1 aliphatic heterocycles. The lowest BCUT2D eigenvalue weighted by molar-refractivity contribution is -0.133. The van der Waals surface area contributed by atoms with Gasteiger partial charge in [-0.05, 0) is 31.6 Å². The number of nitrogens with zero attached hydrogens (tertiary/aromatic N) is 5. The Morgan fingerprint density at radius 1 is 1.07 bits per heavy atom. The maximum atomic E-state index is 12.7. The molecule has 0 aromatic carbocycles. The molecule has 4 rings (SSSR count). The van der Waals surface area contributed by atoms with Gasteiger partial charge in [0, 0.05) is 44.9 Å². The Kier molecular flexibility index (Phi) is 5.50. The highest BCUT2D eigenvalue weighted by Crippen LogP contribution is 2.33. The number of rotatable bonds is 4. The molecule has 0 atom stereocenters. The van der Waals surface area contributed by atoms with Crippen molar-refractivity contribution in [2.24, 2.45) is 13.0 Å². The van der Waals surface area contributed by atoms with Gasteiger partial charge in [0.25, 0.3) is 0 Å². The third-order valence-electron chi connectivity index (χ3n) is 6.21. The smallest absolute Gasteiger partial charge is 0.222 e. The highest BCUT2D eigenvalue weighted by Gasteiger charge is 2.28. The van der Waals surface area contributed by atoms with E-state index in [4.69, 9.17) is 0 Å².